The number of piperidine rings is 1. The van der Waals surface area contributed by atoms with Gasteiger partial charge in [0.2, 0.25) is 0 Å². The molecule has 2 aliphatic heterocycles. The Balaban J connectivity index is 1.46. The van der Waals surface area contributed by atoms with E-state index in [1.165, 1.54) is 36.1 Å². The summed E-state index contributed by atoms with van der Waals surface area (Å²) in [6, 6.07) is 6.62. The van der Waals surface area contributed by atoms with Crippen molar-refractivity contribution in [3.8, 4) is 0 Å². The molecule has 0 radical (unpaired) electrons. The maximum atomic E-state index is 11.2. The number of aryl methyl sites for hydroxylation is 1. The molecule has 1 aromatic carbocycles. The van der Waals surface area contributed by atoms with Gasteiger partial charge in [-0.3, -0.25) is 4.79 Å². The molecule has 2 aromatic rings. The molecular weight excluding hydrogens is 422 g/mol. The molecule has 2 saturated heterocycles. The van der Waals surface area contributed by atoms with Crippen molar-refractivity contribution < 1.29 is 14.6 Å². The summed E-state index contributed by atoms with van der Waals surface area (Å²) in [7, 11) is 0. The van der Waals surface area contributed by atoms with Gasteiger partial charge in [0.25, 0.3) is 0 Å². The zero-order valence-corrected chi connectivity index (χ0v) is 20.5. The lowest BCUT2D eigenvalue weighted by Gasteiger charge is -2.28. The maximum absolute atomic E-state index is 11.2. The summed E-state index contributed by atoms with van der Waals surface area (Å²) in [6.45, 7) is 11.2. The molecule has 0 unspecified atom stereocenters. The van der Waals surface area contributed by atoms with Crippen molar-refractivity contribution in [2.75, 3.05) is 26.3 Å². The highest BCUT2D eigenvalue weighted by Crippen LogP contribution is 2.33. The van der Waals surface area contributed by atoms with Gasteiger partial charge in [-0.1, -0.05) is 20.8 Å². The Kier molecular flexibility index (Phi) is 7.47. The largest absolute Gasteiger partial charge is 0.481 e. The van der Waals surface area contributed by atoms with Crippen LogP contribution in [0.1, 0.15) is 65.1 Å². The third-order valence-electron chi connectivity index (χ3n) is 6.76. The summed E-state index contributed by atoms with van der Waals surface area (Å²) < 4.78 is 10.2. The smallest absolute Gasteiger partial charge is 0.306 e. The van der Waals surface area contributed by atoms with Crippen LogP contribution >= 0.6 is 11.9 Å². The second-order valence-electron chi connectivity index (χ2n) is 10.3. The monoisotopic (exact) mass is 459 g/mol. The van der Waals surface area contributed by atoms with Crippen LogP contribution in [-0.4, -0.2) is 51.2 Å². The maximum Gasteiger partial charge on any atom is 0.306 e. The van der Waals surface area contributed by atoms with Gasteiger partial charge in [0.05, 0.1) is 17.0 Å². The van der Waals surface area contributed by atoms with E-state index >= 15 is 0 Å². The molecule has 7 heteroatoms. The van der Waals surface area contributed by atoms with E-state index in [-0.39, 0.29) is 11.3 Å². The number of nitrogens with zero attached hydrogens (tertiary/aromatic N) is 3. The zero-order valence-electron chi connectivity index (χ0n) is 19.7. The average Bonchev–Trinajstić information content (AvgIpc) is 3.13. The van der Waals surface area contributed by atoms with Gasteiger partial charge in [0, 0.05) is 43.2 Å². The molecule has 0 bridgehead atoms. The van der Waals surface area contributed by atoms with E-state index in [2.05, 4.69) is 47.8 Å². The topological polar surface area (TPSA) is 67.6 Å². The van der Waals surface area contributed by atoms with Crippen LogP contribution < -0.4 is 0 Å². The lowest BCUT2D eigenvalue weighted by Crippen LogP contribution is -2.32. The molecule has 0 atom stereocenters. The molecule has 2 fully saturated rings. The van der Waals surface area contributed by atoms with E-state index in [1.54, 1.807) is 11.9 Å². The molecule has 0 saturated carbocycles. The fourth-order valence-corrected chi connectivity index (χ4v) is 5.87. The highest BCUT2D eigenvalue weighted by Gasteiger charge is 2.26. The first-order valence-corrected chi connectivity index (χ1v) is 12.8. The van der Waals surface area contributed by atoms with E-state index < -0.39 is 5.97 Å². The number of carbonyl (C=O) groups is 1. The molecule has 4 rings (SSSR count). The predicted molar refractivity (Wildman–Crippen MR) is 129 cm³/mol. The minimum atomic E-state index is -0.659. The van der Waals surface area contributed by atoms with E-state index in [1.807, 2.05) is 0 Å². The molecule has 1 aromatic heterocycles. The lowest BCUT2D eigenvalue weighted by molar-refractivity contribution is -0.142. The number of carboxylic acid groups (broad SMARTS) is 1. The quantitative estimate of drug-likeness (QED) is 0.564. The van der Waals surface area contributed by atoms with Crippen molar-refractivity contribution in [3.05, 3.63) is 24.0 Å². The molecule has 176 valence electrons. The van der Waals surface area contributed by atoms with E-state index in [0.29, 0.717) is 0 Å². The van der Waals surface area contributed by atoms with Gasteiger partial charge >= 0.3 is 5.97 Å². The number of hydrogen-bond donors (Lipinski definition) is 1. The van der Waals surface area contributed by atoms with Crippen LogP contribution in [-0.2, 0) is 21.5 Å². The lowest BCUT2D eigenvalue weighted by atomic mass is 9.94. The third kappa shape index (κ3) is 5.67. The Morgan fingerprint density at radius 1 is 1.19 bits per heavy atom. The summed E-state index contributed by atoms with van der Waals surface area (Å²) in [4.78, 5) is 17.5. The molecular formula is C25H37N3O3S. The minimum Gasteiger partial charge on any atom is -0.481 e. The second kappa shape index (κ2) is 10.1. The summed E-state index contributed by atoms with van der Waals surface area (Å²) in [6.07, 6.45) is 6.27. The van der Waals surface area contributed by atoms with Crippen LogP contribution in [0.2, 0.25) is 0 Å². The van der Waals surface area contributed by atoms with Crippen LogP contribution in [0.5, 0.6) is 0 Å². The fourth-order valence-electron chi connectivity index (χ4n) is 4.88. The van der Waals surface area contributed by atoms with Crippen LogP contribution in [0.4, 0.5) is 0 Å². The first-order chi connectivity index (χ1) is 15.3. The van der Waals surface area contributed by atoms with Gasteiger partial charge in [-0.05, 0) is 74.6 Å². The van der Waals surface area contributed by atoms with Crippen molar-refractivity contribution in [1.29, 1.82) is 0 Å². The van der Waals surface area contributed by atoms with Crippen molar-refractivity contribution in [2.45, 2.75) is 76.2 Å². The summed E-state index contributed by atoms with van der Waals surface area (Å²) in [5.74, 6) is 1.10. The highest BCUT2D eigenvalue weighted by molar-refractivity contribution is 7.97. The van der Waals surface area contributed by atoms with Crippen molar-refractivity contribution in [1.82, 2.24) is 13.9 Å². The Bertz CT molecular complexity index is 922. The van der Waals surface area contributed by atoms with Crippen LogP contribution in [0.3, 0.4) is 0 Å². The highest BCUT2D eigenvalue weighted by atomic mass is 32.2. The Morgan fingerprint density at radius 2 is 1.91 bits per heavy atom. The average molecular weight is 460 g/mol. The van der Waals surface area contributed by atoms with Gasteiger partial charge in [-0.2, -0.15) is 0 Å². The number of ether oxygens (including phenoxy) is 1. The van der Waals surface area contributed by atoms with Gasteiger partial charge in [-0.25, -0.2) is 9.29 Å². The number of benzene rings is 1. The Hall–Kier alpha value is -1.57. The summed E-state index contributed by atoms with van der Waals surface area (Å²) >= 11 is 1.73. The van der Waals surface area contributed by atoms with E-state index in [0.717, 1.165) is 62.9 Å². The van der Waals surface area contributed by atoms with Crippen molar-refractivity contribution >= 4 is 29.0 Å². The molecule has 3 heterocycles. The molecule has 6 nitrogen and oxygen atoms in total. The number of imidazole rings is 1. The Morgan fingerprint density at radius 3 is 2.56 bits per heavy atom. The summed E-state index contributed by atoms with van der Waals surface area (Å²) in [5, 5.41) is 9.22. The zero-order chi connectivity index (χ0) is 22.7. The number of carboxylic acids is 1. The summed E-state index contributed by atoms with van der Waals surface area (Å²) in [5.41, 5.74) is 2.27. The SMILES string of the molecule is CC(C)(C)c1nc2cc(SN3CCC(C(=O)O)CC3)ccc2n1CCCC1CCOCC1. The molecule has 2 aliphatic rings. The van der Waals surface area contributed by atoms with Gasteiger partial charge in [-0.15, -0.1) is 0 Å². The van der Waals surface area contributed by atoms with Crippen LogP contribution in [0.15, 0.2) is 23.1 Å². The predicted octanol–water partition coefficient (Wildman–Crippen LogP) is 5.34. The fraction of sp³-hybridized carbons (Fsp3) is 0.680. The minimum absolute atomic E-state index is 0.0102. The first kappa shape index (κ1) is 23.6. The Labute approximate surface area is 195 Å². The van der Waals surface area contributed by atoms with Crippen molar-refractivity contribution in [3.63, 3.8) is 0 Å². The van der Waals surface area contributed by atoms with Gasteiger partial charge in [0.1, 0.15) is 5.82 Å². The molecule has 1 N–H and O–H groups in total. The van der Waals surface area contributed by atoms with Gasteiger partial charge < -0.3 is 14.4 Å². The van der Waals surface area contributed by atoms with E-state index in [9.17, 15) is 9.90 Å². The van der Waals surface area contributed by atoms with Crippen LogP contribution in [0.25, 0.3) is 11.0 Å². The first-order valence-electron chi connectivity index (χ1n) is 12.1. The van der Waals surface area contributed by atoms with Crippen LogP contribution in [0, 0.1) is 11.8 Å². The van der Waals surface area contributed by atoms with Gasteiger partial charge in [0.15, 0.2) is 0 Å². The molecule has 32 heavy (non-hydrogen) atoms. The number of hydrogen-bond acceptors (Lipinski definition) is 5. The standard InChI is InChI=1S/C25H37N3O3S/c1-25(2,3)24-26-21-17-20(32-27-13-8-19(9-14-27)23(29)30)6-7-22(21)28(24)12-4-5-18-10-15-31-16-11-18/h6-7,17-19H,4-5,8-16H2,1-3H3,(H,29,30). The second-order valence-corrected chi connectivity index (χ2v) is 11.5. The van der Waals surface area contributed by atoms with E-state index in [4.69, 9.17) is 9.72 Å². The molecule has 0 aliphatic carbocycles. The third-order valence-corrected chi connectivity index (χ3v) is 7.85. The number of aromatic nitrogens is 2. The molecule has 0 amide bonds. The number of aliphatic carboxylic acids is 1. The molecule has 0 spiro atoms. The number of fused-ring (bicyclic) bond motifs is 1. The van der Waals surface area contributed by atoms with Crippen molar-refractivity contribution in [2.24, 2.45) is 11.8 Å². The number of rotatable bonds is 7. The normalized spacial score (nSPS) is 19.6.